The first-order valence-electron chi connectivity index (χ1n) is 9.32. The molecule has 5 nitrogen and oxygen atoms in total. The number of aromatic nitrogens is 2. The van der Waals surface area contributed by atoms with Crippen LogP contribution >= 0.6 is 11.6 Å². The number of halogens is 4. The third-order valence-electron chi connectivity index (χ3n) is 5.16. The van der Waals surface area contributed by atoms with Crippen molar-refractivity contribution in [2.45, 2.75) is 31.5 Å². The molecule has 9 heteroatoms. The van der Waals surface area contributed by atoms with Gasteiger partial charge in [0.2, 0.25) is 0 Å². The minimum atomic E-state index is -4.65. The second-order valence-electron chi connectivity index (χ2n) is 7.00. The van der Waals surface area contributed by atoms with Crippen LogP contribution in [0.3, 0.4) is 0 Å². The number of aliphatic carboxylic acids is 1. The highest BCUT2D eigenvalue weighted by atomic mass is 35.5. The van der Waals surface area contributed by atoms with E-state index in [2.05, 4.69) is 4.98 Å². The fraction of sp³-hybridized carbons (Fsp3) is 0.227. The molecule has 0 saturated heterocycles. The van der Waals surface area contributed by atoms with E-state index in [0.717, 1.165) is 28.8 Å². The molecule has 0 aliphatic heterocycles. The van der Waals surface area contributed by atoms with E-state index in [9.17, 15) is 27.9 Å². The molecule has 1 aromatic carbocycles. The highest BCUT2D eigenvalue weighted by Gasteiger charge is 2.40. The molecule has 162 valence electrons. The SMILES string of the molecule is CCC(Cc1ccccn1)(C(=O)O)n1ccc(-c2cc(Cl)ccc2C(F)(F)F)cc1=O. The molecule has 0 saturated carbocycles. The molecule has 0 amide bonds. The van der Waals surface area contributed by atoms with Gasteiger partial charge in [-0.1, -0.05) is 24.6 Å². The van der Waals surface area contributed by atoms with Crippen LogP contribution in [-0.2, 0) is 22.9 Å². The van der Waals surface area contributed by atoms with Crippen LogP contribution in [0.2, 0.25) is 5.02 Å². The van der Waals surface area contributed by atoms with Crippen molar-refractivity contribution in [3.05, 3.63) is 87.6 Å². The molecule has 0 radical (unpaired) electrons. The molecule has 1 N–H and O–H groups in total. The van der Waals surface area contributed by atoms with E-state index in [4.69, 9.17) is 11.6 Å². The molecule has 0 bridgehead atoms. The lowest BCUT2D eigenvalue weighted by Gasteiger charge is -2.30. The minimum Gasteiger partial charge on any atom is -0.479 e. The van der Waals surface area contributed by atoms with Gasteiger partial charge in [-0.2, -0.15) is 13.2 Å². The van der Waals surface area contributed by atoms with Crippen molar-refractivity contribution < 1.29 is 23.1 Å². The third-order valence-corrected chi connectivity index (χ3v) is 5.40. The lowest BCUT2D eigenvalue weighted by Crippen LogP contribution is -2.48. The molecule has 2 heterocycles. The molecule has 0 aliphatic carbocycles. The Hall–Kier alpha value is -3.13. The van der Waals surface area contributed by atoms with Crippen LogP contribution in [-0.4, -0.2) is 20.6 Å². The summed E-state index contributed by atoms with van der Waals surface area (Å²) in [4.78, 5) is 29.3. The van der Waals surface area contributed by atoms with E-state index in [0.29, 0.717) is 5.69 Å². The van der Waals surface area contributed by atoms with Gasteiger partial charge in [-0.25, -0.2) is 4.79 Å². The van der Waals surface area contributed by atoms with Crippen molar-refractivity contribution in [1.29, 1.82) is 0 Å². The normalized spacial score (nSPS) is 13.6. The quantitative estimate of drug-likeness (QED) is 0.572. The van der Waals surface area contributed by atoms with E-state index in [1.54, 1.807) is 25.1 Å². The van der Waals surface area contributed by atoms with Crippen LogP contribution < -0.4 is 5.56 Å². The Bertz CT molecular complexity index is 1160. The van der Waals surface area contributed by atoms with Gasteiger partial charge in [0.25, 0.3) is 5.56 Å². The van der Waals surface area contributed by atoms with Gasteiger partial charge < -0.3 is 5.11 Å². The molecule has 0 spiro atoms. The van der Waals surface area contributed by atoms with Crippen LogP contribution in [0.4, 0.5) is 13.2 Å². The zero-order valence-corrected chi connectivity index (χ0v) is 17.1. The molecule has 1 unspecified atom stereocenters. The first kappa shape index (κ1) is 22.6. The Morgan fingerprint density at radius 3 is 2.45 bits per heavy atom. The van der Waals surface area contributed by atoms with E-state index in [-0.39, 0.29) is 29.0 Å². The number of alkyl halides is 3. The summed E-state index contributed by atoms with van der Waals surface area (Å²) < 4.78 is 41.3. The van der Waals surface area contributed by atoms with Crippen LogP contribution in [0, 0.1) is 0 Å². The Labute approximate surface area is 180 Å². The summed E-state index contributed by atoms with van der Waals surface area (Å²) in [6.45, 7) is 1.62. The Kier molecular flexibility index (Phi) is 6.22. The lowest BCUT2D eigenvalue weighted by molar-refractivity contribution is -0.148. The molecule has 3 aromatic rings. The first-order valence-corrected chi connectivity index (χ1v) is 9.70. The third kappa shape index (κ3) is 4.49. The fourth-order valence-electron chi connectivity index (χ4n) is 3.52. The zero-order chi connectivity index (χ0) is 22.8. The van der Waals surface area contributed by atoms with Crippen LogP contribution in [0.5, 0.6) is 0 Å². The number of benzene rings is 1. The van der Waals surface area contributed by atoms with Gasteiger partial charge in [0, 0.05) is 35.6 Å². The molecule has 0 aliphatic rings. The number of carbonyl (C=O) groups is 1. The highest BCUT2D eigenvalue weighted by molar-refractivity contribution is 6.30. The van der Waals surface area contributed by atoms with Gasteiger partial charge in [-0.15, -0.1) is 0 Å². The molecule has 0 fully saturated rings. The predicted octanol–water partition coefficient (Wildman–Crippen LogP) is 5.02. The van der Waals surface area contributed by atoms with Crippen molar-refractivity contribution in [2.75, 3.05) is 0 Å². The number of hydrogen-bond donors (Lipinski definition) is 1. The average Bonchev–Trinajstić information content (AvgIpc) is 2.72. The smallest absolute Gasteiger partial charge is 0.417 e. The number of carboxylic acids is 1. The summed E-state index contributed by atoms with van der Waals surface area (Å²) in [5.41, 5.74) is -3.13. The van der Waals surface area contributed by atoms with Crippen molar-refractivity contribution in [2.24, 2.45) is 0 Å². The summed E-state index contributed by atoms with van der Waals surface area (Å²) >= 11 is 5.88. The van der Waals surface area contributed by atoms with Gasteiger partial charge in [-0.05, 0) is 53.9 Å². The van der Waals surface area contributed by atoms with Gasteiger partial charge in [0.05, 0.1) is 5.56 Å². The second-order valence-corrected chi connectivity index (χ2v) is 7.44. The van der Waals surface area contributed by atoms with Gasteiger partial charge >= 0.3 is 12.1 Å². The van der Waals surface area contributed by atoms with E-state index in [1.165, 1.54) is 18.5 Å². The van der Waals surface area contributed by atoms with Gasteiger partial charge in [0.1, 0.15) is 5.54 Å². The number of rotatable bonds is 6. The van der Waals surface area contributed by atoms with Gasteiger partial charge in [0.15, 0.2) is 0 Å². The molecular formula is C22H18ClF3N2O3. The summed E-state index contributed by atoms with van der Waals surface area (Å²) in [6.07, 6.45) is -1.93. The number of pyridine rings is 2. The highest BCUT2D eigenvalue weighted by Crippen LogP contribution is 2.38. The first-order chi connectivity index (χ1) is 14.6. The minimum absolute atomic E-state index is 0.00990. The Morgan fingerprint density at radius 2 is 1.90 bits per heavy atom. The second kappa shape index (κ2) is 8.55. The molecular weight excluding hydrogens is 433 g/mol. The van der Waals surface area contributed by atoms with Crippen molar-refractivity contribution in [1.82, 2.24) is 9.55 Å². The van der Waals surface area contributed by atoms with Crippen molar-refractivity contribution >= 4 is 17.6 Å². The molecule has 2 aromatic heterocycles. The lowest BCUT2D eigenvalue weighted by atomic mass is 9.89. The van der Waals surface area contributed by atoms with Gasteiger partial charge in [-0.3, -0.25) is 14.3 Å². The number of hydrogen-bond acceptors (Lipinski definition) is 3. The van der Waals surface area contributed by atoms with E-state index in [1.807, 2.05) is 0 Å². The molecule has 3 rings (SSSR count). The van der Waals surface area contributed by atoms with Crippen molar-refractivity contribution in [3.63, 3.8) is 0 Å². The standard InChI is InChI=1S/C22H18ClF3N2O3/c1-2-21(20(30)31,13-16-5-3-4-9-27-16)28-10-8-14(11-19(28)29)17-12-15(23)6-7-18(17)22(24,25)26/h3-12H,2,13H2,1H3,(H,30,31). The zero-order valence-electron chi connectivity index (χ0n) is 16.4. The fourth-order valence-corrected chi connectivity index (χ4v) is 3.69. The summed E-state index contributed by atoms with van der Waals surface area (Å²) in [5.74, 6) is -1.24. The summed E-state index contributed by atoms with van der Waals surface area (Å²) in [7, 11) is 0. The monoisotopic (exact) mass is 450 g/mol. The number of nitrogens with zero attached hydrogens (tertiary/aromatic N) is 2. The van der Waals surface area contributed by atoms with E-state index >= 15 is 0 Å². The largest absolute Gasteiger partial charge is 0.479 e. The van der Waals surface area contributed by atoms with Crippen LogP contribution in [0.1, 0.15) is 24.6 Å². The summed E-state index contributed by atoms with van der Waals surface area (Å²) in [6, 6.07) is 10.4. The molecule has 31 heavy (non-hydrogen) atoms. The maximum absolute atomic E-state index is 13.4. The topological polar surface area (TPSA) is 72.2 Å². The Balaban J connectivity index is 2.14. The van der Waals surface area contributed by atoms with Crippen molar-refractivity contribution in [3.8, 4) is 11.1 Å². The van der Waals surface area contributed by atoms with Crippen LogP contribution in [0.15, 0.2) is 65.7 Å². The molecule has 1 atom stereocenters. The summed E-state index contributed by atoms with van der Waals surface area (Å²) in [5, 5.41) is 10.1. The Morgan fingerprint density at radius 1 is 1.16 bits per heavy atom. The van der Waals surface area contributed by atoms with E-state index < -0.39 is 28.8 Å². The maximum Gasteiger partial charge on any atom is 0.417 e. The van der Waals surface area contributed by atoms with Crippen LogP contribution in [0.25, 0.3) is 11.1 Å². The maximum atomic E-state index is 13.4. The predicted molar refractivity (Wildman–Crippen MR) is 110 cm³/mol. The number of carboxylic acid groups (broad SMARTS) is 1. The average molecular weight is 451 g/mol.